The van der Waals surface area contributed by atoms with E-state index in [4.69, 9.17) is 9.47 Å². The number of amides is 2. The van der Waals surface area contributed by atoms with E-state index in [1.807, 2.05) is 76.2 Å². The number of methoxy groups -OCH3 is 2. The van der Waals surface area contributed by atoms with E-state index in [1.165, 1.54) is 19.1 Å². The van der Waals surface area contributed by atoms with Crippen LogP contribution >= 0.6 is 0 Å². The van der Waals surface area contributed by atoms with Gasteiger partial charge < -0.3 is 14.8 Å². The summed E-state index contributed by atoms with van der Waals surface area (Å²) in [5, 5.41) is 11.6. The van der Waals surface area contributed by atoms with E-state index in [0.717, 1.165) is 11.1 Å². The summed E-state index contributed by atoms with van der Waals surface area (Å²) >= 11 is 0. The van der Waals surface area contributed by atoms with Gasteiger partial charge in [0.2, 0.25) is 11.8 Å². The Morgan fingerprint density at radius 3 is 2.41 bits per heavy atom. The lowest BCUT2D eigenvalue weighted by Gasteiger charge is -2.36. The third-order valence-electron chi connectivity index (χ3n) is 6.93. The molecule has 2 amide bonds. The Bertz CT molecular complexity index is 1480. The molecular formula is C30H35N5O4. The summed E-state index contributed by atoms with van der Waals surface area (Å²) < 4.78 is 12.8. The van der Waals surface area contributed by atoms with E-state index in [-0.39, 0.29) is 18.4 Å². The molecule has 0 aliphatic heterocycles. The highest BCUT2D eigenvalue weighted by Crippen LogP contribution is 2.40. The average molecular weight is 530 g/mol. The molecular weight excluding hydrogens is 494 g/mol. The standard InChI is InChI=1S/C30H35N5O4/c1-7-30(3,4)31-29(37)27(21-14-12-18-25(38-5)28(21)39-6)35(23-16-10-8-13-20(23)2)26(36)19-34-24-17-11-9-15-22(24)32-33-34/h8-18,27H,7,19H2,1-6H3,(H,31,37). The summed E-state index contributed by atoms with van der Waals surface area (Å²) in [6, 6.07) is 19.2. The summed E-state index contributed by atoms with van der Waals surface area (Å²) in [5.41, 5.74) is 2.84. The summed E-state index contributed by atoms with van der Waals surface area (Å²) in [6.07, 6.45) is 0.698. The fraction of sp³-hybridized carbons (Fsp3) is 0.333. The number of aryl methyl sites for hydroxylation is 1. The van der Waals surface area contributed by atoms with Crippen molar-refractivity contribution in [2.24, 2.45) is 0 Å². The average Bonchev–Trinajstić information content (AvgIpc) is 3.34. The molecule has 204 valence electrons. The maximum absolute atomic E-state index is 14.3. The lowest BCUT2D eigenvalue weighted by atomic mass is 9.97. The first-order valence-corrected chi connectivity index (χ1v) is 12.9. The Labute approximate surface area is 228 Å². The molecule has 0 aliphatic rings. The molecule has 1 heterocycles. The van der Waals surface area contributed by atoms with Gasteiger partial charge in [-0.25, -0.2) is 4.68 Å². The van der Waals surface area contributed by atoms with Gasteiger partial charge in [-0.3, -0.25) is 14.5 Å². The van der Waals surface area contributed by atoms with Crippen molar-refractivity contribution in [2.45, 2.75) is 52.2 Å². The van der Waals surface area contributed by atoms with Crippen LogP contribution in [0.4, 0.5) is 5.69 Å². The van der Waals surface area contributed by atoms with Crippen molar-refractivity contribution < 1.29 is 19.1 Å². The van der Waals surface area contributed by atoms with E-state index in [0.29, 0.717) is 34.7 Å². The van der Waals surface area contributed by atoms with Crippen LogP contribution in [0.3, 0.4) is 0 Å². The second-order valence-corrected chi connectivity index (χ2v) is 10.00. The number of carbonyl (C=O) groups excluding carboxylic acids is 2. The number of ether oxygens (including phenoxy) is 2. The zero-order valence-electron chi connectivity index (χ0n) is 23.3. The summed E-state index contributed by atoms with van der Waals surface area (Å²) in [4.78, 5) is 30.0. The van der Waals surface area contributed by atoms with Gasteiger partial charge in [0.15, 0.2) is 11.5 Å². The van der Waals surface area contributed by atoms with Crippen LogP contribution in [0.2, 0.25) is 0 Å². The number of anilines is 1. The van der Waals surface area contributed by atoms with Crippen LogP contribution in [0.5, 0.6) is 11.5 Å². The Kier molecular flexibility index (Phi) is 8.18. The number of para-hydroxylation sites is 3. The van der Waals surface area contributed by atoms with Gasteiger partial charge >= 0.3 is 0 Å². The van der Waals surface area contributed by atoms with E-state index in [2.05, 4.69) is 15.6 Å². The van der Waals surface area contributed by atoms with E-state index in [9.17, 15) is 9.59 Å². The number of carbonyl (C=O) groups is 2. The molecule has 1 N–H and O–H groups in total. The quantitative estimate of drug-likeness (QED) is 0.316. The SMILES string of the molecule is CCC(C)(C)NC(=O)C(c1cccc(OC)c1OC)N(C(=O)Cn1nnc2ccccc21)c1ccccc1C. The zero-order valence-corrected chi connectivity index (χ0v) is 23.3. The molecule has 1 aromatic heterocycles. The number of hydrogen-bond donors (Lipinski definition) is 1. The molecule has 0 spiro atoms. The molecule has 0 saturated carbocycles. The fourth-order valence-electron chi connectivity index (χ4n) is 4.50. The Hall–Kier alpha value is -4.40. The first-order chi connectivity index (χ1) is 18.7. The van der Waals surface area contributed by atoms with E-state index in [1.54, 1.807) is 22.9 Å². The topological polar surface area (TPSA) is 98.6 Å². The monoisotopic (exact) mass is 529 g/mol. The van der Waals surface area contributed by atoms with Gasteiger partial charge in [0.05, 0.1) is 19.7 Å². The molecule has 0 saturated heterocycles. The van der Waals surface area contributed by atoms with Gasteiger partial charge in [0, 0.05) is 16.8 Å². The molecule has 9 nitrogen and oxygen atoms in total. The maximum Gasteiger partial charge on any atom is 0.249 e. The van der Waals surface area contributed by atoms with Crippen molar-refractivity contribution in [1.29, 1.82) is 0 Å². The first-order valence-electron chi connectivity index (χ1n) is 12.9. The predicted octanol–water partition coefficient (Wildman–Crippen LogP) is 4.84. The molecule has 39 heavy (non-hydrogen) atoms. The van der Waals surface area contributed by atoms with Crippen LogP contribution in [0.1, 0.15) is 44.4 Å². The van der Waals surface area contributed by atoms with Crippen LogP contribution in [0.15, 0.2) is 66.7 Å². The van der Waals surface area contributed by atoms with Gasteiger partial charge in [0.25, 0.3) is 0 Å². The normalized spacial score (nSPS) is 12.2. The molecule has 0 radical (unpaired) electrons. The molecule has 1 atom stereocenters. The molecule has 3 aromatic carbocycles. The minimum atomic E-state index is -1.07. The van der Waals surface area contributed by atoms with E-state index >= 15 is 0 Å². The minimum Gasteiger partial charge on any atom is -0.493 e. The lowest BCUT2D eigenvalue weighted by Crippen LogP contribution is -2.51. The Morgan fingerprint density at radius 1 is 1.00 bits per heavy atom. The molecule has 0 bridgehead atoms. The number of hydrogen-bond acceptors (Lipinski definition) is 6. The number of nitrogens with one attached hydrogen (secondary N) is 1. The number of fused-ring (bicyclic) bond motifs is 1. The van der Waals surface area contributed by atoms with Crippen LogP contribution in [-0.4, -0.2) is 46.6 Å². The second kappa shape index (κ2) is 11.6. The summed E-state index contributed by atoms with van der Waals surface area (Å²) in [5.74, 6) is 0.168. The smallest absolute Gasteiger partial charge is 0.249 e. The van der Waals surface area contributed by atoms with Crippen molar-refractivity contribution in [3.63, 3.8) is 0 Å². The minimum absolute atomic E-state index is 0.123. The number of rotatable bonds is 10. The number of nitrogens with zero attached hydrogens (tertiary/aromatic N) is 4. The van der Waals surface area contributed by atoms with Crippen LogP contribution in [-0.2, 0) is 16.1 Å². The van der Waals surface area contributed by atoms with Gasteiger partial charge in [-0.1, -0.05) is 54.6 Å². The fourth-order valence-corrected chi connectivity index (χ4v) is 4.50. The van der Waals surface area contributed by atoms with Gasteiger partial charge in [-0.15, -0.1) is 5.10 Å². The molecule has 0 aliphatic carbocycles. The number of benzene rings is 3. The van der Waals surface area contributed by atoms with Gasteiger partial charge in [-0.05, 0) is 57.0 Å². The highest BCUT2D eigenvalue weighted by molar-refractivity contribution is 6.02. The van der Waals surface area contributed by atoms with Crippen LogP contribution < -0.4 is 19.7 Å². The van der Waals surface area contributed by atoms with Crippen LogP contribution in [0.25, 0.3) is 11.0 Å². The Morgan fingerprint density at radius 2 is 1.72 bits per heavy atom. The maximum atomic E-state index is 14.3. The van der Waals surface area contributed by atoms with Gasteiger partial charge in [-0.2, -0.15) is 0 Å². The number of aromatic nitrogens is 3. The van der Waals surface area contributed by atoms with Crippen molar-refractivity contribution in [1.82, 2.24) is 20.3 Å². The summed E-state index contributed by atoms with van der Waals surface area (Å²) in [6.45, 7) is 7.69. The molecule has 0 fully saturated rings. The molecule has 4 rings (SSSR count). The second-order valence-electron chi connectivity index (χ2n) is 10.00. The van der Waals surface area contributed by atoms with Crippen molar-refractivity contribution >= 4 is 28.5 Å². The predicted molar refractivity (Wildman–Crippen MR) is 151 cm³/mol. The Balaban J connectivity index is 1.91. The summed E-state index contributed by atoms with van der Waals surface area (Å²) in [7, 11) is 3.06. The van der Waals surface area contributed by atoms with Crippen molar-refractivity contribution in [3.05, 3.63) is 77.9 Å². The van der Waals surface area contributed by atoms with Gasteiger partial charge in [0.1, 0.15) is 18.1 Å². The first kappa shape index (κ1) is 27.6. The highest BCUT2D eigenvalue weighted by Gasteiger charge is 2.38. The molecule has 4 aromatic rings. The van der Waals surface area contributed by atoms with Crippen molar-refractivity contribution in [2.75, 3.05) is 19.1 Å². The third-order valence-corrected chi connectivity index (χ3v) is 6.93. The van der Waals surface area contributed by atoms with Crippen molar-refractivity contribution in [3.8, 4) is 11.5 Å². The molecule has 1 unspecified atom stereocenters. The largest absolute Gasteiger partial charge is 0.493 e. The molecule has 9 heteroatoms. The lowest BCUT2D eigenvalue weighted by molar-refractivity contribution is -0.128. The highest BCUT2D eigenvalue weighted by atomic mass is 16.5. The zero-order chi connectivity index (χ0) is 28.2. The van der Waals surface area contributed by atoms with Crippen LogP contribution in [0, 0.1) is 6.92 Å². The third kappa shape index (κ3) is 5.72. The van der Waals surface area contributed by atoms with E-state index < -0.39 is 11.6 Å².